The number of hydrogen-bond acceptors (Lipinski definition) is 3. The highest BCUT2D eigenvalue weighted by Gasteiger charge is 2.19. The Kier molecular flexibility index (Phi) is 3.67. The van der Waals surface area contributed by atoms with Crippen LogP contribution in [0, 0.1) is 13.8 Å². The molecule has 1 atom stereocenters. The van der Waals surface area contributed by atoms with Crippen molar-refractivity contribution in [3.63, 3.8) is 0 Å². The molecule has 18 heavy (non-hydrogen) atoms. The number of rotatable bonds is 4. The highest BCUT2D eigenvalue weighted by Crippen LogP contribution is 2.31. The Morgan fingerprint density at radius 1 is 1.33 bits per heavy atom. The SMILES string of the molecule is COc1ccc(C)cc1C(CN)c1cc(C)[nH]n1. The number of methoxy groups -OCH3 is 1. The maximum absolute atomic E-state index is 5.91. The Balaban J connectivity index is 2.47. The number of H-pyrrole nitrogens is 1. The van der Waals surface area contributed by atoms with E-state index >= 15 is 0 Å². The third-order valence-corrected chi connectivity index (χ3v) is 3.08. The molecule has 1 heterocycles. The van der Waals surface area contributed by atoms with Gasteiger partial charge in [0.25, 0.3) is 0 Å². The second kappa shape index (κ2) is 5.23. The Morgan fingerprint density at radius 2 is 2.11 bits per heavy atom. The van der Waals surface area contributed by atoms with Crippen molar-refractivity contribution in [2.24, 2.45) is 5.73 Å². The van der Waals surface area contributed by atoms with Crippen LogP contribution in [0.3, 0.4) is 0 Å². The average Bonchev–Trinajstić information content (AvgIpc) is 2.77. The van der Waals surface area contributed by atoms with E-state index in [9.17, 15) is 0 Å². The van der Waals surface area contributed by atoms with Crippen molar-refractivity contribution in [1.82, 2.24) is 10.2 Å². The van der Waals surface area contributed by atoms with Crippen LogP contribution in [0.25, 0.3) is 0 Å². The van der Waals surface area contributed by atoms with Crippen LogP contribution in [0.5, 0.6) is 5.75 Å². The summed E-state index contributed by atoms with van der Waals surface area (Å²) in [5.74, 6) is 0.918. The summed E-state index contributed by atoms with van der Waals surface area (Å²) in [5.41, 5.74) is 10.2. The van der Waals surface area contributed by atoms with Gasteiger partial charge in [0, 0.05) is 23.7 Å². The van der Waals surface area contributed by atoms with Crippen LogP contribution in [0.2, 0.25) is 0 Å². The Morgan fingerprint density at radius 3 is 2.67 bits per heavy atom. The van der Waals surface area contributed by atoms with E-state index in [0.717, 1.165) is 22.7 Å². The molecule has 0 aliphatic carbocycles. The lowest BCUT2D eigenvalue weighted by Crippen LogP contribution is -2.15. The molecule has 96 valence electrons. The quantitative estimate of drug-likeness (QED) is 0.867. The number of hydrogen-bond donors (Lipinski definition) is 2. The summed E-state index contributed by atoms with van der Waals surface area (Å²) >= 11 is 0. The zero-order chi connectivity index (χ0) is 13.1. The van der Waals surface area contributed by atoms with Gasteiger partial charge in [-0.25, -0.2) is 0 Å². The molecule has 1 aromatic heterocycles. The highest BCUT2D eigenvalue weighted by molar-refractivity contribution is 5.43. The normalized spacial score (nSPS) is 12.4. The summed E-state index contributed by atoms with van der Waals surface area (Å²) in [4.78, 5) is 0. The van der Waals surface area contributed by atoms with Crippen molar-refractivity contribution in [3.05, 3.63) is 46.8 Å². The summed E-state index contributed by atoms with van der Waals surface area (Å²) in [6.45, 7) is 4.55. The van der Waals surface area contributed by atoms with Gasteiger partial charge < -0.3 is 10.5 Å². The summed E-state index contributed by atoms with van der Waals surface area (Å²) in [6.07, 6.45) is 0. The summed E-state index contributed by atoms with van der Waals surface area (Å²) in [6, 6.07) is 8.15. The van der Waals surface area contributed by atoms with E-state index in [0.29, 0.717) is 6.54 Å². The lowest BCUT2D eigenvalue weighted by Gasteiger charge is -2.17. The van der Waals surface area contributed by atoms with Gasteiger partial charge in [-0.3, -0.25) is 5.10 Å². The smallest absolute Gasteiger partial charge is 0.122 e. The van der Waals surface area contributed by atoms with Gasteiger partial charge in [-0.1, -0.05) is 17.7 Å². The number of ether oxygens (including phenoxy) is 1. The van der Waals surface area contributed by atoms with Gasteiger partial charge in [0.2, 0.25) is 0 Å². The molecule has 0 radical (unpaired) electrons. The number of nitrogens with one attached hydrogen (secondary N) is 1. The number of aromatic amines is 1. The molecular weight excluding hydrogens is 226 g/mol. The molecule has 0 saturated carbocycles. The molecule has 0 aliphatic heterocycles. The first kappa shape index (κ1) is 12.6. The predicted octanol–water partition coefficient (Wildman–Crippen LogP) is 2.13. The van der Waals surface area contributed by atoms with Crippen LogP contribution in [-0.4, -0.2) is 23.9 Å². The molecule has 2 rings (SSSR count). The summed E-state index contributed by atoms with van der Waals surface area (Å²) in [5, 5.41) is 7.27. The number of benzene rings is 1. The van der Waals surface area contributed by atoms with Crippen LogP contribution >= 0.6 is 0 Å². The first-order chi connectivity index (χ1) is 8.65. The van der Waals surface area contributed by atoms with E-state index in [-0.39, 0.29) is 5.92 Å². The zero-order valence-electron chi connectivity index (χ0n) is 11.0. The monoisotopic (exact) mass is 245 g/mol. The van der Waals surface area contributed by atoms with Gasteiger partial charge in [-0.15, -0.1) is 0 Å². The summed E-state index contributed by atoms with van der Waals surface area (Å²) < 4.78 is 5.42. The van der Waals surface area contributed by atoms with E-state index < -0.39 is 0 Å². The zero-order valence-corrected chi connectivity index (χ0v) is 11.0. The van der Waals surface area contributed by atoms with E-state index in [1.165, 1.54) is 5.56 Å². The van der Waals surface area contributed by atoms with Crippen molar-refractivity contribution in [3.8, 4) is 5.75 Å². The largest absolute Gasteiger partial charge is 0.496 e. The molecular formula is C14H19N3O. The molecule has 2 aromatic rings. The predicted molar refractivity (Wildman–Crippen MR) is 72.0 cm³/mol. The average molecular weight is 245 g/mol. The Bertz CT molecular complexity index is 534. The number of nitrogens with zero attached hydrogens (tertiary/aromatic N) is 1. The fourth-order valence-electron chi connectivity index (χ4n) is 2.15. The first-order valence-electron chi connectivity index (χ1n) is 6.02. The van der Waals surface area contributed by atoms with Gasteiger partial charge in [0.1, 0.15) is 5.75 Å². The Hall–Kier alpha value is -1.81. The van der Waals surface area contributed by atoms with Gasteiger partial charge in [0.15, 0.2) is 0 Å². The van der Waals surface area contributed by atoms with Crippen LogP contribution in [-0.2, 0) is 0 Å². The van der Waals surface area contributed by atoms with Gasteiger partial charge in [0.05, 0.1) is 12.8 Å². The lowest BCUT2D eigenvalue weighted by atomic mass is 9.93. The molecule has 0 fully saturated rings. The van der Waals surface area contributed by atoms with Crippen molar-refractivity contribution in [1.29, 1.82) is 0 Å². The maximum Gasteiger partial charge on any atom is 0.122 e. The molecule has 0 spiro atoms. The lowest BCUT2D eigenvalue weighted by molar-refractivity contribution is 0.407. The van der Waals surface area contributed by atoms with Crippen molar-refractivity contribution in [2.45, 2.75) is 19.8 Å². The van der Waals surface area contributed by atoms with Crippen LogP contribution < -0.4 is 10.5 Å². The Labute approximate surface area is 107 Å². The molecule has 4 nitrogen and oxygen atoms in total. The maximum atomic E-state index is 5.91. The van der Waals surface area contributed by atoms with E-state index in [1.54, 1.807) is 7.11 Å². The van der Waals surface area contributed by atoms with Gasteiger partial charge in [-0.2, -0.15) is 5.10 Å². The number of aryl methyl sites for hydroxylation is 2. The molecule has 0 amide bonds. The fraction of sp³-hybridized carbons (Fsp3) is 0.357. The van der Waals surface area contributed by atoms with Crippen LogP contribution in [0.4, 0.5) is 0 Å². The topological polar surface area (TPSA) is 63.9 Å². The van der Waals surface area contributed by atoms with Crippen molar-refractivity contribution in [2.75, 3.05) is 13.7 Å². The number of aromatic nitrogens is 2. The minimum absolute atomic E-state index is 0.0600. The second-order valence-corrected chi connectivity index (χ2v) is 4.51. The minimum Gasteiger partial charge on any atom is -0.496 e. The standard InChI is InChI=1S/C14H19N3O/c1-9-4-5-14(18-3)11(6-9)12(8-15)13-7-10(2)16-17-13/h4-7,12H,8,15H2,1-3H3,(H,16,17). The van der Waals surface area contributed by atoms with Crippen LogP contribution in [0.15, 0.2) is 24.3 Å². The first-order valence-corrected chi connectivity index (χ1v) is 6.02. The third-order valence-electron chi connectivity index (χ3n) is 3.08. The van der Waals surface area contributed by atoms with E-state index in [4.69, 9.17) is 10.5 Å². The van der Waals surface area contributed by atoms with Crippen molar-refractivity contribution < 1.29 is 4.74 Å². The fourth-order valence-corrected chi connectivity index (χ4v) is 2.15. The summed E-state index contributed by atoms with van der Waals surface area (Å²) in [7, 11) is 1.68. The molecule has 0 saturated heterocycles. The second-order valence-electron chi connectivity index (χ2n) is 4.51. The van der Waals surface area contributed by atoms with Gasteiger partial charge in [-0.05, 0) is 26.0 Å². The van der Waals surface area contributed by atoms with E-state index in [1.807, 2.05) is 25.1 Å². The molecule has 1 aromatic carbocycles. The molecule has 0 bridgehead atoms. The number of nitrogens with two attached hydrogens (primary N) is 1. The highest BCUT2D eigenvalue weighted by atomic mass is 16.5. The van der Waals surface area contributed by atoms with E-state index in [2.05, 4.69) is 23.2 Å². The minimum atomic E-state index is 0.0600. The molecule has 0 aliphatic rings. The van der Waals surface area contributed by atoms with Crippen molar-refractivity contribution >= 4 is 0 Å². The molecule has 1 unspecified atom stereocenters. The van der Waals surface area contributed by atoms with Gasteiger partial charge >= 0.3 is 0 Å². The van der Waals surface area contributed by atoms with Crippen LogP contribution in [0.1, 0.15) is 28.4 Å². The molecule has 4 heteroatoms. The third kappa shape index (κ3) is 2.38. The molecule has 3 N–H and O–H groups in total.